The molecule has 4 nitrogen and oxygen atoms in total. The second kappa shape index (κ2) is 7.07. The number of alkyl halides is 3. The molecule has 130 valence electrons. The standard InChI is InChI=1S/C17H20F3N3O/c1-11-9-12(2)23(22-11)13(3)16(24)21-15(10-17(18,19)20)14-7-5-4-6-8-14/h4-9,13,15H,10H2,1-3H3,(H,21,24)/t13-,15+/m0/s1. The molecule has 0 fully saturated rings. The molecule has 1 N–H and O–H groups in total. The van der Waals surface area contributed by atoms with Crippen molar-refractivity contribution in [1.82, 2.24) is 15.1 Å². The summed E-state index contributed by atoms with van der Waals surface area (Å²) in [6, 6.07) is 8.15. The smallest absolute Gasteiger partial charge is 0.347 e. The van der Waals surface area contributed by atoms with E-state index < -0.39 is 30.6 Å². The van der Waals surface area contributed by atoms with E-state index in [0.717, 1.165) is 11.4 Å². The minimum atomic E-state index is -4.38. The van der Waals surface area contributed by atoms with E-state index in [1.165, 1.54) is 4.68 Å². The highest BCUT2D eigenvalue weighted by atomic mass is 19.4. The van der Waals surface area contributed by atoms with Gasteiger partial charge < -0.3 is 5.32 Å². The number of hydrogen-bond acceptors (Lipinski definition) is 2. The van der Waals surface area contributed by atoms with Crippen molar-refractivity contribution in [1.29, 1.82) is 0 Å². The summed E-state index contributed by atoms with van der Waals surface area (Å²) in [4.78, 5) is 12.4. The van der Waals surface area contributed by atoms with Gasteiger partial charge in [-0.15, -0.1) is 0 Å². The van der Waals surface area contributed by atoms with Crippen molar-refractivity contribution in [2.45, 2.75) is 45.5 Å². The molecule has 0 aliphatic rings. The van der Waals surface area contributed by atoms with Gasteiger partial charge in [-0.05, 0) is 32.4 Å². The molecule has 1 heterocycles. The highest BCUT2D eigenvalue weighted by Crippen LogP contribution is 2.30. The van der Waals surface area contributed by atoms with E-state index in [2.05, 4.69) is 10.4 Å². The first-order chi connectivity index (χ1) is 11.2. The number of nitrogens with zero attached hydrogens (tertiary/aromatic N) is 2. The minimum Gasteiger partial charge on any atom is -0.347 e. The van der Waals surface area contributed by atoms with Crippen LogP contribution in [0.1, 0.15) is 42.4 Å². The fraction of sp³-hybridized carbons (Fsp3) is 0.412. The first-order valence-electron chi connectivity index (χ1n) is 7.62. The predicted molar refractivity (Wildman–Crippen MR) is 84.4 cm³/mol. The third kappa shape index (κ3) is 4.59. The zero-order valence-corrected chi connectivity index (χ0v) is 13.8. The Morgan fingerprint density at radius 2 is 1.88 bits per heavy atom. The average molecular weight is 339 g/mol. The lowest BCUT2D eigenvalue weighted by molar-refractivity contribution is -0.143. The first kappa shape index (κ1) is 18.0. The molecule has 2 rings (SSSR count). The summed E-state index contributed by atoms with van der Waals surface area (Å²) in [5.41, 5.74) is 1.95. The molecule has 1 amide bonds. The minimum absolute atomic E-state index is 0.420. The summed E-state index contributed by atoms with van der Waals surface area (Å²) in [5, 5.41) is 6.72. The predicted octanol–water partition coefficient (Wildman–Crippen LogP) is 3.87. The fourth-order valence-corrected chi connectivity index (χ4v) is 2.61. The Kier molecular flexibility index (Phi) is 5.31. The number of hydrogen-bond donors (Lipinski definition) is 1. The second-order valence-corrected chi connectivity index (χ2v) is 5.84. The number of rotatable bonds is 5. The summed E-state index contributed by atoms with van der Waals surface area (Å²) in [5.74, 6) is -0.501. The Balaban J connectivity index is 2.19. The number of nitrogens with one attached hydrogen (secondary N) is 1. The summed E-state index contributed by atoms with van der Waals surface area (Å²) in [6.45, 7) is 5.21. The SMILES string of the molecule is Cc1cc(C)n([C@@H](C)C(=O)N[C@H](CC(F)(F)F)c2ccccc2)n1. The number of carbonyl (C=O) groups excluding carboxylic acids is 1. The van der Waals surface area contributed by atoms with Gasteiger partial charge >= 0.3 is 6.18 Å². The van der Waals surface area contributed by atoms with Crippen molar-refractivity contribution in [3.63, 3.8) is 0 Å². The lowest BCUT2D eigenvalue weighted by Crippen LogP contribution is -2.36. The van der Waals surface area contributed by atoms with Crippen LogP contribution in [0.25, 0.3) is 0 Å². The molecule has 0 unspecified atom stereocenters. The van der Waals surface area contributed by atoms with Gasteiger partial charge in [-0.3, -0.25) is 9.48 Å². The lowest BCUT2D eigenvalue weighted by Gasteiger charge is -2.23. The molecule has 0 radical (unpaired) electrons. The number of halogens is 3. The molecule has 0 bridgehead atoms. The lowest BCUT2D eigenvalue weighted by atomic mass is 10.0. The fourth-order valence-electron chi connectivity index (χ4n) is 2.61. The van der Waals surface area contributed by atoms with Crippen LogP contribution < -0.4 is 5.32 Å². The number of carbonyl (C=O) groups is 1. The van der Waals surface area contributed by atoms with Crippen LogP contribution in [0.2, 0.25) is 0 Å². The van der Waals surface area contributed by atoms with Gasteiger partial charge in [0.25, 0.3) is 0 Å². The van der Waals surface area contributed by atoms with Crippen LogP contribution in [0.15, 0.2) is 36.4 Å². The Hall–Kier alpha value is -2.31. The van der Waals surface area contributed by atoms with Crippen LogP contribution in [-0.4, -0.2) is 21.9 Å². The van der Waals surface area contributed by atoms with E-state index >= 15 is 0 Å². The van der Waals surface area contributed by atoms with E-state index in [-0.39, 0.29) is 0 Å². The van der Waals surface area contributed by atoms with Crippen molar-refractivity contribution in [3.8, 4) is 0 Å². The van der Waals surface area contributed by atoms with E-state index in [4.69, 9.17) is 0 Å². The number of amides is 1. The first-order valence-corrected chi connectivity index (χ1v) is 7.62. The molecule has 1 aromatic heterocycles. The van der Waals surface area contributed by atoms with Crippen molar-refractivity contribution in [3.05, 3.63) is 53.3 Å². The van der Waals surface area contributed by atoms with Crippen LogP contribution in [0.4, 0.5) is 13.2 Å². The number of benzene rings is 1. The normalized spacial score (nSPS) is 14.2. The number of aryl methyl sites for hydroxylation is 2. The van der Waals surface area contributed by atoms with Gasteiger partial charge in [-0.2, -0.15) is 18.3 Å². The third-order valence-electron chi connectivity index (χ3n) is 3.74. The molecular weight excluding hydrogens is 319 g/mol. The van der Waals surface area contributed by atoms with Crippen LogP contribution in [0.5, 0.6) is 0 Å². The molecule has 0 saturated carbocycles. The van der Waals surface area contributed by atoms with Crippen molar-refractivity contribution < 1.29 is 18.0 Å². The maximum absolute atomic E-state index is 12.9. The quantitative estimate of drug-likeness (QED) is 0.899. The summed E-state index contributed by atoms with van der Waals surface area (Å²) in [6.07, 6.45) is -5.50. The Morgan fingerprint density at radius 3 is 2.38 bits per heavy atom. The van der Waals surface area contributed by atoms with Gasteiger partial charge in [0.2, 0.25) is 5.91 Å². The van der Waals surface area contributed by atoms with Gasteiger partial charge in [-0.1, -0.05) is 30.3 Å². The monoisotopic (exact) mass is 339 g/mol. The third-order valence-corrected chi connectivity index (χ3v) is 3.74. The van der Waals surface area contributed by atoms with Gasteiger partial charge in [0, 0.05) is 5.69 Å². The molecular formula is C17H20F3N3O. The van der Waals surface area contributed by atoms with E-state index in [9.17, 15) is 18.0 Å². The van der Waals surface area contributed by atoms with Crippen molar-refractivity contribution in [2.75, 3.05) is 0 Å². The van der Waals surface area contributed by atoms with Crippen LogP contribution >= 0.6 is 0 Å². The highest BCUT2D eigenvalue weighted by Gasteiger charge is 2.34. The summed E-state index contributed by atoms with van der Waals surface area (Å²) >= 11 is 0. The van der Waals surface area contributed by atoms with Gasteiger partial charge in [-0.25, -0.2) is 0 Å². The molecule has 2 atom stereocenters. The van der Waals surface area contributed by atoms with Crippen molar-refractivity contribution >= 4 is 5.91 Å². The van der Waals surface area contributed by atoms with Gasteiger partial charge in [0.1, 0.15) is 6.04 Å². The highest BCUT2D eigenvalue weighted by molar-refractivity contribution is 5.80. The second-order valence-electron chi connectivity index (χ2n) is 5.84. The molecule has 0 aliphatic carbocycles. The Morgan fingerprint density at radius 1 is 1.25 bits per heavy atom. The molecule has 24 heavy (non-hydrogen) atoms. The molecule has 2 aromatic rings. The number of aromatic nitrogens is 2. The summed E-state index contributed by atoms with van der Waals surface area (Å²) < 4.78 is 40.1. The summed E-state index contributed by atoms with van der Waals surface area (Å²) in [7, 11) is 0. The molecule has 1 aromatic carbocycles. The van der Waals surface area contributed by atoms with Gasteiger partial charge in [0.15, 0.2) is 0 Å². The zero-order chi connectivity index (χ0) is 17.9. The molecule has 0 aliphatic heterocycles. The van der Waals surface area contributed by atoms with Gasteiger partial charge in [0.05, 0.1) is 18.2 Å². The largest absolute Gasteiger partial charge is 0.391 e. The Labute approximate surface area is 138 Å². The Bertz CT molecular complexity index is 695. The van der Waals surface area contributed by atoms with E-state index in [0.29, 0.717) is 5.56 Å². The maximum Gasteiger partial charge on any atom is 0.391 e. The molecule has 0 spiro atoms. The van der Waals surface area contributed by atoms with Crippen molar-refractivity contribution in [2.24, 2.45) is 0 Å². The molecule has 7 heteroatoms. The van der Waals surface area contributed by atoms with Crippen LogP contribution in [0, 0.1) is 13.8 Å². The van der Waals surface area contributed by atoms with E-state index in [1.54, 1.807) is 51.1 Å². The van der Waals surface area contributed by atoms with E-state index in [1.807, 2.05) is 6.07 Å². The van der Waals surface area contributed by atoms with Crippen LogP contribution in [-0.2, 0) is 4.79 Å². The topological polar surface area (TPSA) is 46.9 Å². The average Bonchev–Trinajstić information content (AvgIpc) is 2.84. The zero-order valence-electron chi connectivity index (χ0n) is 13.8. The maximum atomic E-state index is 12.9. The van der Waals surface area contributed by atoms with Crippen LogP contribution in [0.3, 0.4) is 0 Å². The molecule has 0 saturated heterocycles.